The van der Waals surface area contributed by atoms with Crippen LogP contribution in [0.2, 0.25) is 0 Å². The summed E-state index contributed by atoms with van der Waals surface area (Å²) in [5, 5.41) is 8.59. The molecule has 12 nitrogen and oxygen atoms in total. The topological polar surface area (TPSA) is 185 Å². The van der Waals surface area contributed by atoms with Crippen molar-refractivity contribution in [2.75, 3.05) is 18.1 Å². The van der Waals surface area contributed by atoms with Crippen LogP contribution in [0.1, 0.15) is 99.3 Å². The molecule has 5 atom stereocenters. The van der Waals surface area contributed by atoms with E-state index in [0.717, 1.165) is 38.5 Å². The lowest BCUT2D eigenvalue weighted by molar-refractivity contribution is -0.145. The third-order valence-corrected chi connectivity index (χ3v) is 12.8. The third-order valence-electron chi connectivity index (χ3n) is 10.9. The molecule has 0 bridgehead atoms. The molecule has 3 aliphatic carbocycles. The number of primary amides is 1. The molecule has 2 unspecified atom stereocenters. The van der Waals surface area contributed by atoms with Gasteiger partial charge in [-0.1, -0.05) is 80.1 Å². The molecular formula is C32H53N5O7S. The molecule has 13 heteroatoms. The zero-order chi connectivity index (χ0) is 33.5. The molecule has 1 aliphatic heterocycles. The van der Waals surface area contributed by atoms with Crippen molar-refractivity contribution in [1.82, 2.24) is 20.9 Å². The smallest absolute Gasteiger partial charge is 0.315 e. The number of carbonyl (C=O) groups is 5. The summed E-state index contributed by atoms with van der Waals surface area (Å²) >= 11 is 0. The number of nitrogens with two attached hydrogens (primary N) is 1. The fourth-order valence-corrected chi connectivity index (χ4v) is 9.22. The Labute approximate surface area is 267 Å². The quantitative estimate of drug-likeness (QED) is 0.233. The van der Waals surface area contributed by atoms with Crippen molar-refractivity contribution in [1.29, 1.82) is 0 Å². The van der Waals surface area contributed by atoms with Crippen molar-refractivity contribution in [3.8, 4) is 0 Å². The second kappa shape index (κ2) is 12.8. The summed E-state index contributed by atoms with van der Waals surface area (Å²) < 4.78 is 25.2. The number of rotatable bonds is 12. The monoisotopic (exact) mass is 651 g/mol. The first-order valence-electron chi connectivity index (χ1n) is 16.6. The maximum absolute atomic E-state index is 14.3. The predicted octanol–water partition coefficient (Wildman–Crippen LogP) is 2.05. The summed E-state index contributed by atoms with van der Waals surface area (Å²) in [5.41, 5.74) is 3.47. The Balaban J connectivity index is 1.54. The van der Waals surface area contributed by atoms with Gasteiger partial charge in [0.05, 0.1) is 17.3 Å². The number of ketones is 1. The third kappa shape index (κ3) is 7.65. The van der Waals surface area contributed by atoms with Crippen LogP contribution in [0.3, 0.4) is 0 Å². The first kappa shape index (κ1) is 35.2. The lowest BCUT2D eigenvalue weighted by Crippen LogP contribution is -2.64. The number of carbonyl (C=O) groups excluding carboxylic acids is 5. The van der Waals surface area contributed by atoms with Crippen molar-refractivity contribution in [2.45, 2.75) is 123 Å². The molecule has 4 fully saturated rings. The number of fused-ring (bicyclic) bond motifs is 1. The van der Waals surface area contributed by atoms with Gasteiger partial charge >= 0.3 is 6.03 Å². The Kier molecular flexibility index (Phi) is 10.0. The standard InChI is InChI=1S/C32H53N5O7S/c1-7-45(43,44)18-32(14-9-8-10-15-32)36-29(42)35-25(30(2,3)4)28(41)37-17-20-22(31(20,5)6)23(37)27(40)34-21(24(38)26(33)39)16-19-12-11-13-19/h19-23,25H,7-18H2,1-6H3,(H2,33,39)(H,34,40)(H2,35,36,42)/t20-,21?,22?,23-,25+/m0/s1. The van der Waals surface area contributed by atoms with Gasteiger partial charge < -0.3 is 26.6 Å². The van der Waals surface area contributed by atoms with Gasteiger partial charge in [0.25, 0.3) is 5.91 Å². The molecule has 3 saturated carbocycles. The SMILES string of the molecule is CCS(=O)(=O)CC1(NC(=O)N[C@H](C(=O)N2C[C@H]3C([C@H]2C(=O)NC(CC2CCC2)C(=O)C(N)=O)C3(C)C)C(C)(C)C)CCCCC1. The molecule has 5 amide bonds. The zero-order valence-corrected chi connectivity index (χ0v) is 28.6. The molecule has 45 heavy (non-hydrogen) atoms. The van der Waals surface area contributed by atoms with Gasteiger partial charge in [-0.3, -0.25) is 19.2 Å². The highest BCUT2D eigenvalue weighted by Crippen LogP contribution is 2.65. The summed E-state index contributed by atoms with van der Waals surface area (Å²) in [6.07, 6.45) is 6.81. The summed E-state index contributed by atoms with van der Waals surface area (Å²) in [5.74, 6) is -2.90. The minimum Gasteiger partial charge on any atom is -0.363 e. The van der Waals surface area contributed by atoms with Crippen LogP contribution in [0.15, 0.2) is 0 Å². The molecule has 0 aromatic carbocycles. The van der Waals surface area contributed by atoms with E-state index in [1.165, 1.54) is 4.90 Å². The molecule has 254 valence electrons. The van der Waals surface area contributed by atoms with Crippen LogP contribution in [-0.2, 0) is 29.0 Å². The maximum atomic E-state index is 14.3. The van der Waals surface area contributed by atoms with Gasteiger partial charge in [0.2, 0.25) is 17.6 Å². The van der Waals surface area contributed by atoms with E-state index in [1.54, 1.807) is 6.92 Å². The molecular weight excluding hydrogens is 598 g/mol. The van der Waals surface area contributed by atoms with E-state index in [4.69, 9.17) is 5.73 Å². The van der Waals surface area contributed by atoms with E-state index in [9.17, 15) is 32.4 Å². The minimum atomic E-state index is -3.38. The van der Waals surface area contributed by atoms with Gasteiger partial charge in [0.1, 0.15) is 12.1 Å². The van der Waals surface area contributed by atoms with E-state index >= 15 is 0 Å². The molecule has 1 saturated heterocycles. The number of hydrogen-bond donors (Lipinski definition) is 4. The Morgan fingerprint density at radius 2 is 1.60 bits per heavy atom. The summed E-state index contributed by atoms with van der Waals surface area (Å²) in [4.78, 5) is 67.8. The van der Waals surface area contributed by atoms with Crippen LogP contribution in [-0.4, -0.2) is 84.6 Å². The summed E-state index contributed by atoms with van der Waals surface area (Å²) in [6, 6.07) is -3.56. The average Bonchev–Trinajstić information content (AvgIpc) is 3.24. The number of hydrogen-bond acceptors (Lipinski definition) is 7. The van der Waals surface area contributed by atoms with Crippen LogP contribution < -0.4 is 21.7 Å². The number of Topliss-reactive ketones (excluding diaryl/α,β-unsaturated/α-hetero) is 1. The van der Waals surface area contributed by atoms with E-state index in [2.05, 4.69) is 16.0 Å². The van der Waals surface area contributed by atoms with Crippen molar-refractivity contribution in [3.05, 3.63) is 0 Å². The molecule has 4 rings (SSSR count). The lowest BCUT2D eigenvalue weighted by atomic mass is 9.80. The number of amides is 5. The van der Waals surface area contributed by atoms with Crippen LogP contribution >= 0.6 is 0 Å². The fraction of sp³-hybridized carbons (Fsp3) is 0.844. The average molecular weight is 652 g/mol. The van der Waals surface area contributed by atoms with Crippen LogP contribution in [0.4, 0.5) is 4.79 Å². The van der Waals surface area contributed by atoms with Crippen LogP contribution in [0, 0.1) is 28.6 Å². The van der Waals surface area contributed by atoms with Crippen LogP contribution in [0.25, 0.3) is 0 Å². The van der Waals surface area contributed by atoms with Gasteiger partial charge in [-0.05, 0) is 47.8 Å². The molecule has 0 aromatic rings. The molecule has 0 spiro atoms. The number of urea groups is 1. The van der Waals surface area contributed by atoms with Gasteiger partial charge in [0, 0.05) is 12.3 Å². The highest BCUT2D eigenvalue weighted by atomic mass is 32.2. The molecule has 1 heterocycles. The first-order valence-corrected chi connectivity index (χ1v) is 18.4. The number of nitrogens with one attached hydrogen (secondary N) is 3. The fourth-order valence-electron chi connectivity index (χ4n) is 7.81. The Morgan fingerprint density at radius 1 is 0.978 bits per heavy atom. The molecule has 4 aliphatic rings. The summed E-state index contributed by atoms with van der Waals surface area (Å²) in [7, 11) is -3.38. The van der Waals surface area contributed by atoms with Gasteiger partial charge in [0.15, 0.2) is 9.84 Å². The van der Waals surface area contributed by atoms with E-state index in [-0.39, 0.29) is 34.7 Å². The van der Waals surface area contributed by atoms with E-state index in [0.29, 0.717) is 25.8 Å². The molecule has 0 aromatic heterocycles. The Bertz CT molecular complexity index is 1300. The number of likely N-dealkylation sites (tertiary alicyclic amines) is 1. The normalized spacial score (nSPS) is 26.9. The highest BCUT2D eigenvalue weighted by Gasteiger charge is 2.70. The second-order valence-electron chi connectivity index (χ2n) is 15.6. The Morgan fingerprint density at radius 3 is 2.11 bits per heavy atom. The minimum absolute atomic E-state index is 0.0230. The van der Waals surface area contributed by atoms with Crippen molar-refractivity contribution >= 4 is 39.4 Å². The van der Waals surface area contributed by atoms with Crippen LogP contribution in [0.5, 0.6) is 0 Å². The Hall–Kier alpha value is -2.70. The van der Waals surface area contributed by atoms with Gasteiger partial charge in [-0.2, -0.15) is 0 Å². The maximum Gasteiger partial charge on any atom is 0.315 e. The zero-order valence-electron chi connectivity index (χ0n) is 27.7. The highest BCUT2D eigenvalue weighted by molar-refractivity contribution is 7.91. The van der Waals surface area contributed by atoms with Gasteiger partial charge in [-0.15, -0.1) is 0 Å². The van der Waals surface area contributed by atoms with Crippen molar-refractivity contribution in [3.63, 3.8) is 0 Å². The number of sulfone groups is 1. The van der Waals surface area contributed by atoms with Gasteiger partial charge in [-0.25, -0.2) is 13.2 Å². The van der Waals surface area contributed by atoms with Crippen molar-refractivity contribution in [2.24, 2.45) is 34.3 Å². The number of nitrogens with zero attached hydrogens (tertiary/aromatic N) is 1. The lowest BCUT2D eigenvalue weighted by Gasteiger charge is -2.40. The van der Waals surface area contributed by atoms with Crippen molar-refractivity contribution < 1.29 is 32.4 Å². The number of piperidine rings is 1. The largest absolute Gasteiger partial charge is 0.363 e. The second-order valence-corrected chi connectivity index (χ2v) is 18.0. The predicted molar refractivity (Wildman–Crippen MR) is 169 cm³/mol. The first-order chi connectivity index (χ1) is 20.8. The molecule has 0 radical (unpaired) electrons. The summed E-state index contributed by atoms with van der Waals surface area (Å²) in [6.45, 7) is 11.5. The van der Waals surface area contributed by atoms with E-state index in [1.807, 2.05) is 34.6 Å². The van der Waals surface area contributed by atoms with E-state index < -0.39 is 68.5 Å². The molecule has 5 N–H and O–H groups in total.